The maximum Gasteiger partial charge on any atom is 0.326 e. The second-order valence-corrected chi connectivity index (χ2v) is 4.94. The number of rotatable bonds is 5. The smallest absolute Gasteiger partial charge is 0.326 e. The molecule has 0 bridgehead atoms. The summed E-state index contributed by atoms with van der Waals surface area (Å²) in [5, 5.41) is 11.7. The number of carbonyl (C=O) groups excluding carboxylic acids is 1. The molecule has 1 rings (SSSR count). The van der Waals surface area contributed by atoms with Crippen molar-refractivity contribution in [3.63, 3.8) is 0 Å². The van der Waals surface area contributed by atoms with Crippen LogP contribution in [-0.4, -0.2) is 41.8 Å². The fourth-order valence-electron chi connectivity index (χ4n) is 1.93. The third-order valence-electron chi connectivity index (χ3n) is 3.60. The average molecular weight is 258 g/mol. The lowest BCUT2D eigenvalue weighted by atomic mass is 9.89. The van der Waals surface area contributed by atoms with Crippen molar-refractivity contribution in [2.45, 2.75) is 44.7 Å². The number of carboxylic acids is 1. The van der Waals surface area contributed by atoms with Crippen molar-refractivity contribution in [3.05, 3.63) is 0 Å². The highest BCUT2D eigenvalue weighted by atomic mass is 16.5. The highest BCUT2D eigenvalue weighted by Crippen LogP contribution is 2.19. The van der Waals surface area contributed by atoms with Gasteiger partial charge in [-0.2, -0.15) is 0 Å². The quantitative estimate of drug-likeness (QED) is 0.649. The predicted molar refractivity (Wildman–Crippen MR) is 66.0 cm³/mol. The topological polar surface area (TPSA) is 102 Å². The van der Waals surface area contributed by atoms with E-state index >= 15 is 0 Å². The van der Waals surface area contributed by atoms with Crippen LogP contribution in [0, 0.1) is 5.92 Å². The van der Waals surface area contributed by atoms with Gasteiger partial charge in [-0.15, -0.1) is 0 Å². The van der Waals surface area contributed by atoms with Gasteiger partial charge in [0.25, 0.3) is 0 Å². The Labute approximate surface area is 107 Å². The standard InChI is InChI=1S/C12H22N2O4/c1-3-8(2)9(10(15)16)14-11(17)12(13)4-6-18-7-5-12/h8-9H,3-7,13H2,1-2H3,(H,14,17)(H,15,16)/t8-,9-/m0/s1. The Morgan fingerprint density at radius 2 is 2.00 bits per heavy atom. The number of hydrogen-bond acceptors (Lipinski definition) is 4. The van der Waals surface area contributed by atoms with Gasteiger partial charge in [0.15, 0.2) is 0 Å². The molecule has 0 saturated carbocycles. The van der Waals surface area contributed by atoms with Crippen LogP contribution in [0.5, 0.6) is 0 Å². The van der Waals surface area contributed by atoms with Gasteiger partial charge in [-0.1, -0.05) is 20.3 Å². The molecule has 18 heavy (non-hydrogen) atoms. The minimum Gasteiger partial charge on any atom is -0.480 e. The van der Waals surface area contributed by atoms with Crippen molar-refractivity contribution in [2.75, 3.05) is 13.2 Å². The van der Waals surface area contributed by atoms with E-state index in [-0.39, 0.29) is 5.92 Å². The minimum atomic E-state index is -1.02. The first-order valence-corrected chi connectivity index (χ1v) is 6.31. The summed E-state index contributed by atoms with van der Waals surface area (Å²) >= 11 is 0. The van der Waals surface area contributed by atoms with Crippen molar-refractivity contribution < 1.29 is 19.4 Å². The summed E-state index contributed by atoms with van der Waals surface area (Å²) in [5.41, 5.74) is 5.01. The minimum absolute atomic E-state index is 0.130. The molecule has 104 valence electrons. The lowest BCUT2D eigenvalue weighted by Crippen LogP contribution is -2.60. The molecule has 6 heteroatoms. The van der Waals surface area contributed by atoms with Gasteiger partial charge in [-0.05, 0) is 18.8 Å². The molecule has 1 amide bonds. The zero-order valence-electron chi connectivity index (χ0n) is 10.9. The first kappa shape index (κ1) is 14.9. The molecular weight excluding hydrogens is 236 g/mol. The Morgan fingerprint density at radius 3 is 2.44 bits per heavy atom. The number of nitrogens with two attached hydrogens (primary N) is 1. The van der Waals surface area contributed by atoms with E-state index in [4.69, 9.17) is 15.6 Å². The van der Waals surface area contributed by atoms with E-state index < -0.39 is 23.5 Å². The van der Waals surface area contributed by atoms with Crippen LogP contribution in [0.1, 0.15) is 33.1 Å². The molecule has 4 N–H and O–H groups in total. The van der Waals surface area contributed by atoms with Crippen LogP contribution in [0.4, 0.5) is 0 Å². The monoisotopic (exact) mass is 258 g/mol. The molecule has 1 aliphatic heterocycles. The summed E-state index contributed by atoms with van der Waals surface area (Å²) in [5.74, 6) is -1.54. The lowest BCUT2D eigenvalue weighted by molar-refractivity contribution is -0.145. The van der Waals surface area contributed by atoms with Crippen molar-refractivity contribution >= 4 is 11.9 Å². The number of ether oxygens (including phenoxy) is 1. The molecule has 1 fully saturated rings. The lowest BCUT2D eigenvalue weighted by Gasteiger charge is -2.33. The van der Waals surface area contributed by atoms with Crippen LogP contribution < -0.4 is 11.1 Å². The second kappa shape index (κ2) is 6.15. The maximum absolute atomic E-state index is 12.1. The van der Waals surface area contributed by atoms with Gasteiger partial charge in [0, 0.05) is 13.2 Å². The predicted octanol–water partition coefficient (Wildman–Crippen LogP) is 0.110. The van der Waals surface area contributed by atoms with E-state index in [2.05, 4.69) is 5.32 Å². The van der Waals surface area contributed by atoms with Crippen LogP contribution in [0.3, 0.4) is 0 Å². The molecule has 2 atom stereocenters. The Bertz CT molecular complexity index is 313. The fourth-order valence-corrected chi connectivity index (χ4v) is 1.93. The molecule has 0 unspecified atom stereocenters. The zero-order valence-corrected chi connectivity index (χ0v) is 10.9. The van der Waals surface area contributed by atoms with E-state index in [9.17, 15) is 9.59 Å². The summed E-state index contributed by atoms with van der Waals surface area (Å²) in [7, 11) is 0. The molecule has 0 spiro atoms. The molecule has 1 saturated heterocycles. The van der Waals surface area contributed by atoms with E-state index in [0.29, 0.717) is 32.5 Å². The summed E-state index contributed by atoms with van der Waals surface area (Å²) in [6.45, 7) is 4.56. The van der Waals surface area contributed by atoms with E-state index in [1.165, 1.54) is 0 Å². The van der Waals surface area contributed by atoms with Crippen LogP contribution in [-0.2, 0) is 14.3 Å². The van der Waals surface area contributed by atoms with Gasteiger partial charge >= 0.3 is 5.97 Å². The summed E-state index contributed by atoms with van der Waals surface area (Å²) < 4.78 is 5.16. The Hall–Kier alpha value is -1.14. The van der Waals surface area contributed by atoms with Gasteiger partial charge in [0.2, 0.25) is 5.91 Å². The molecule has 1 heterocycles. The zero-order chi connectivity index (χ0) is 13.8. The second-order valence-electron chi connectivity index (χ2n) is 4.94. The van der Waals surface area contributed by atoms with Gasteiger partial charge in [0.05, 0.1) is 5.54 Å². The van der Waals surface area contributed by atoms with Gasteiger partial charge in [-0.3, -0.25) is 4.79 Å². The van der Waals surface area contributed by atoms with E-state index in [1.54, 1.807) is 6.92 Å². The summed E-state index contributed by atoms with van der Waals surface area (Å²) in [4.78, 5) is 23.2. The number of nitrogens with one attached hydrogen (secondary N) is 1. The largest absolute Gasteiger partial charge is 0.480 e. The molecule has 6 nitrogen and oxygen atoms in total. The van der Waals surface area contributed by atoms with Crippen molar-refractivity contribution in [3.8, 4) is 0 Å². The highest BCUT2D eigenvalue weighted by Gasteiger charge is 2.38. The first-order valence-electron chi connectivity index (χ1n) is 6.31. The van der Waals surface area contributed by atoms with Gasteiger partial charge < -0.3 is 20.9 Å². The highest BCUT2D eigenvalue weighted by molar-refractivity contribution is 5.90. The SMILES string of the molecule is CC[C@H](C)[C@H](NC(=O)C1(N)CCOCC1)C(=O)O. The van der Waals surface area contributed by atoms with E-state index in [0.717, 1.165) is 0 Å². The van der Waals surface area contributed by atoms with Crippen LogP contribution in [0.15, 0.2) is 0 Å². The summed E-state index contributed by atoms with van der Waals surface area (Å²) in [6, 6.07) is -0.884. The van der Waals surface area contributed by atoms with Crippen LogP contribution in [0.25, 0.3) is 0 Å². The van der Waals surface area contributed by atoms with E-state index in [1.807, 2.05) is 6.92 Å². The van der Waals surface area contributed by atoms with Crippen LogP contribution in [0.2, 0.25) is 0 Å². The fraction of sp³-hybridized carbons (Fsp3) is 0.833. The number of aliphatic carboxylic acids is 1. The van der Waals surface area contributed by atoms with Gasteiger partial charge in [-0.25, -0.2) is 4.79 Å². The Balaban J connectivity index is 2.68. The molecule has 1 aliphatic rings. The first-order chi connectivity index (χ1) is 8.40. The summed E-state index contributed by atoms with van der Waals surface area (Å²) in [6.07, 6.45) is 1.52. The molecule has 0 aromatic heterocycles. The third kappa shape index (κ3) is 3.43. The average Bonchev–Trinajstić information content (AvgIpc) is 2.35. The molecule has 0 aromatic carbocycles. The number of carboxylic acid groups (broad SMARTS) is 1. The van der Waals surface area contributed by atoms with Crippen LogP contribution >= 0.6 is 0 Å². The maximum atomic E-state index is 12.1. The molecular formula is C12H22N2O4. The number of hydrogen-bond donors (Lipinski definition) is 3. The van der Waals surface area contributed by atoms with Crippen molar-refractivity contribution in [1.82, 2.24) is 5.32 Å². The molecule has 0 aliphatic carbocycles. The molecule has 0 aromatic rings. The normalized spacial score (nSPS) is 21.9. The third-order valence-corrected chi connectivity index (χ3v) is 3.60. The number of carbonyl (C=O) groups is 2. The number of amides is 1. The molecule has 0 radical (unpaired) electrons. The van der Waals surface area contributed by atoms with Crippen molar-refractivity contribution in [2.24, 2.45) is 11.7 Å². The Kier molecular flexibility index (Phi) is 5.10. The van der Waals surface area contributed by atoms with Gasteiger partial charge in [0.1, 0.15) is 6.04 Å². The van der Waals surface area contributed by atoms with Crippen molar-refractivity contribution in [1.29, 1.82) is 0 Å². The Morgan fingerprint density at radius 1 is 1.44 bits per heavy atom.